The number of carbonyl (C=O) groups excluding carboxylic acids is 2. The molecule has 0 unspecified atom stereocenters. The van der Waals surface area contributed by atoms with Crippen LogP contribution in [0.5, 0.6) is 11.5 Å². The van der Waals surface area contributed by atoms with Crippen molar-refractivity contribution in [2.75, 3.05) is 20.8 Å². The number of hydrogen-bond acceptors (Lipinski definition) is 6. The summed E-state index contributed by atoms with van der Waals surface area (Å²) in [7, 11) is 0.916. The Kier molecular flexibility index (Phi) is 4.74. The number of nitrogens with zero attached hydrogens (tertiary/aromatic N) is 1. The molecule has 0 aromatic heterocycles. The molecule has 0 N–H and O–H groups in total. The van der Waals surface area contributed by atoms with E-state index in [0.29, 0.717) is 24.5 Å². The summed E-state index contributed by atoms with van der Waals surface area (Å²) in [6, 6.07) is 3.85. The first-order chi connectivity index (χ1) is 14.0. The summed E-state index contributed by atoms with van der Waals surface area (Å²) in [6.07, 6.45) is -0.639. The second-order valence-electron chi connectivity index (χ2n) is 9.91. The van der Waals surface area contributed by atoms with Crippen molar-refractivity contribution in [3.63, 3.8) is 0 Å². The molecular weight excluding hydrogens is 402 g/mol. The molecule has 1 spiro atoms. The largest absolute Gasteiger partial charge is 0.493 e. The second-order valence-corrected chi connectivity index (χ2v) is 14.7. The first-order valence-electron chi connectivity index (χ1n) is 10.4. The highest BCUT2D eigenvalue weighted by molar-refractivity contribution is 6.74. The average molecular weight is 434 g/mol. The van der Waals surface area contributed by atoms with Crippen LogP contribution in [0.25, 0.3) is 0 Å². The van der Waals surface area contributed by atoms with Gasteiger partial charge in [-0.25, -0.2) is 0 Å². The third-order valence-corrected chi connectivity index (χ3v) is 11.8. The summed E-state index contributed by atoms with van der Waals surface area (Å²) in [5.41, 5.74) is 1.10. The number of methoxy groups -OCH3 is 2. The molecule has 2 fully saturated rings. The number of hydrogen-bond donors (Lipinski definition) is 0. The maximum absolute atomic E-state index is 13.5. The fraction of sp³-hybridized carbons (Fsp3) is 0.636. The van der Waals surface area contributed by atoms with E-state index in [4.69, 9.17) is 18.6 Å². The topological polar surface area (TPSA) is 74.3 Å². The van der Waals surface area contributed by atoms with Gasteiger partial charge in [0.15, 0.2) is 32.0 Å². The zero-order valence-corrected chi connectivity index (χ0v) is 19.8. The van der Waals surface area contributed by atoms with E-state index in [9.17, 15) is 9.59 Å². The third kappa shape index (κ3) is 2.80. The molecular formula is C22H31NO6Si. The van der Waals surface area contributed by atoms with Gasteiger partial charge in [-0.1, -0.05) is 20.8 Å². The highest BCUT2D eigenvalue weighted by Crippen LogP contribution is 2.55. The van der Waals surface area contributed by atoms with Crippen LogP contribution in [-0.2, 0) is 30.7 Å². The Bertz CT molecular complexity index is 908. The molecule has 7 nitrogen and oxygen atoms in total. The van der Waals surface area contributed by atoms with Gasteiger partial charge >= 0.3 is 5.97 Å². The molecule has 3 aliphatic heterocycles. The minimum atomic E-state index is -2.27. The van der Waals surface area contributed by atoms with Gasteiger partial charge in [-0.15, -0.1) is 0 Å². The van der Waals surface area contributed by atoms with E-state index >= 15 is 0 Å². The number of fused-ring (bicyclic) bond motifs is 1. The zero-order chi connectivity index (χ0) is 22.1. The van der Waals surface area contributed by atoms with Gasteiger partial charge in [-0.2, -0.15) is 0 Å². The van der Waals surface area contributed by atoms with Gasteiger partial charge in [0.2, 0.25) is 0 Å². The second kappa shape index (κ2) is 6.72. The quantitative estimate of drug-likeness (QED) is 0.537. The highest BCUT2D eigenvalue weighted by Gasteiger charge is 2.68. The Morgan fingerprint density at radius 2 is 1.77 bits per heavy atom. The van der Waals surface area contributed by atoms with Crippen LogP contribution in [0, 0.1) is 0 Å². The number of amides is 1. The predicted molar refractivity (Wildman–Crippen MR) is 113 cm³/mol. The summed E-state index contributed by atoms with van der Waals surface area (Å²) in [4.78, 5) is 27.9. The van der Waals surface area contributed by atoms with Crippen LogP contribution >= 0.6 is 0 Å². The highest BCUT2D eigenvalue weighted by atomic mass is 28.4. The summed E-state index contributed by atoms with van der Waals surface area (Å²) < 4.78 is 23.3. The molecule has 4 rings (SSSR count). The van der Waals surface area contributed by atoms with Crippen molar-refractivity contribution in [3.05, 3.63) is 23.3 Å². The molecule has 1 aromatic carbocycles. The first-order valence-corrected chi connectivity index (χ1v) is 13.3. The standard InChI is InChI=1S/C22H31NO6Si/c1-21(2,3)30(6,7)29-18-19-22(12-17(24)28-19)14-11-16(27-5)15(26-4)10-13(14)8-9-23(22)20(18)25/h10-11,18-19H,8-9,12H2,1-7H3/t18-,19-,22+/m1/s1. The van der Waals surface area contributed by atoms with Crippen LogP contribution in [0.2, 0.25) is 18.1 Å². The lowest BCUT2D eigenvalue weighted by atomic mass is 9.77. The Morgan fingerprint density at radius 3 is 2.37 bits per heavy atom. The Labute approximate surface area is 178 Å². The summed E-state index contributed by atoms with van der Waals surface area (Å²) in [5, 5.41) is -0.0688. The van der Waals surface area contributed by atoms with Crippen molar-refractivity contribution < 1.29 is 28.2 Å². The Balaban J connectivity index is 1.84. The number of esters is 1. The molecule has 3 heterocycles. The molecule has 3 atom stereocenters. The minimum Gasteiger partial charge on any atom is -0.493 e. The maximum atomic E-state index is 13.5. The first kappa shape index (κ1) is 21.2. The van der Waals surface area contributed by atoms with Gasteiger partial charge in [0.1, 0.15) is 5.54 Å². The molecule has 0 bridgehead atoms. The van der Waals surface area contributed by atoms with E-state index < -0.39 is 26.1 Å². The number of ether oxygens (including phenoxy) is 3. The lowest BCUT2D eigenvalue weighted by Gasteiger charge is -2.42. The van der Waals surface area contributed by atoms with Crippen molar-refractivity contribution in [3.8, 4) is 11.5 Å². The van der Waals surface area contributed by atoms with Crippen molar-refractivity contribution in [1.82, 2.24) is 4.90 Å². The predicted octanol–water partition coefficient (Wildman–Crippen LogP) is 3.00. The average Bonchev–Trinajstić information content (AvgIpc) is 3.10. The van der Waals surface area contributed by atoms with Crippen molar-refractivity contribution in [2.24, 2.45) is 0 Å². The third-order valence-electron chi connectivity index (χ3n) is 7.32. The van der Waals surface area contributed by atoms with Gasteiger partial charge in [0, 0.05) is 6.54 Å². The van der Waals surface area contributed by atoms with Crippen LogP contribution in [0.15, 0.2) is 12.1 Å². The molecule has 0 radical (unpaired) electrons. The van der Waals surface area contributed by atoms with Gasteiger partial charge in [-0.3, -0.25) is 9.59 Å². The maximum Gasteiger partial charge on any atom is 0.309 e. The minimum absolute atomic E-state index is 0.0688. The number of benzene rings is 1. The summed E-state index contributed by atoms with van der Waals surface area (Å²) in [5.74, 6) is 0.829. The molecule has 8 heteroatoms. The molecule has 1 amide bonds. The fourth-order valence-corrected chi connectivity index (χ4v) is 5.93. The van der Waals surface area contributed by atoms with Gasteiger partial charge in [0.05, 0.1) is 20.6 Å². The molecule has 3 aliphatic rings. The van der Waals surface area contributed by atoms with E-state index in [1.165, 1.54) is 0 Å². The summed E-state index contributed by atoms with van der Waals surface area (Å²) in [6.45, 7) is 11.1. The molecule has 1 aromatic rings. The van der Waals surface area contributed by atoms with E-state index in [0.717, 1.165) is 11.1 Å². The monoisotopic (exact) mass is 433 g/mol. The SMILES string of the molecule is COc1cc2c(cc1OC)[C@@]13CC(=O)O[C@@H]1[C@@H](O[Si](C)(C)C(C)(C)C)C(=O)N3CC2. The number of rotatable bonds is 4. The van der Waals surface area contributed by atoms with Crippen LogP contribution in [-0.4, -0.2) is 58.1 Å². The van der Waals surface area contributed by atoms with E-state index in [-0.39, 0.29) is 23.3 Å². The smallest absolute Gasteiger partial charge is 0.309 e. The molecule has 0 aliphatic carbocycles. The van der Waals surface area contributed by atoms with Crippen LogP contribution < -0.4 is 9.47 Å². The zero-order valence-electron chi connectivity index (χ0n) is 18.8. The van der Waals surface area contributed by atoms with Crippen molar-refractivity contribution >= 4 is 20.2 Å². The van der Waals surface area contributed by atoms with Gasteiger partial charge in [-0.05, 0) is 47.8 Å². The lowest BCUT2D eigenvalue weighted by molar-refractivity contribution is -0.147. The van der Waals surface area contributed by atoms with Gasteiger partial charge < -0.3 is 23.5 Å². The summed E-state index contributed by atoms with van der Waals surface area (Å²) >= 11 is 0. The van der Waals surface area contributed by atoms with Crippen molar-refractivity contribution in [2.45, 2.75) is 69.5 Å². The van der Waals surface area contributed by atoms with Crippen molar-refractivity contribution in [1.29, 1.82) is 0 Å². The Hall–Kier alpha value is -2.06. The molecule has 2 saturated heterocycles. The van der Waals surface area contributed by atoms with Gasteiger partial charge in [0.25, 0.3) is 5.91 Å². The fourth-order valence-electron chi connectivity index (χ4n) is 4.72. The molecule has 164 valence electrons. The van der Waals surface area contributed by atoms with E-state index in [1.54, 1.807) is 14.2 Å². The van der Waals surface area contributed by atoms with Crippen LogP contribution in [0.1, 0.15) is 38.3 Å². The normalized spacial score (nSPS) is 28.0. The molecule has 0 saturated carbocycles. The van der Waals surface area contributed by atoms with E-state index in [2.05, 4.69) is 33.9 Å². The number of carbonyl (C=O) groups is 2. The van der Waals surface area contributed by atoms with E-state index in [1.807, 2.05) is 17.0 Å². The van der Waals surface area contributed by atoms with Crippen LogP contribution in [0.3, 0.4) is 0 Å². The molecule has 30 heavy (non-hydrogen) atoms. The Morgan fingerprint density at radius 1 is 1.13 bits per heavy atom. The lowest BCUT2D eigenvalue weighted by Crippen LogP contribution is -2.51. The van der Waals surface area contributed by atoms with Crippen LogP contribution in [0.4, 0.5) is 0 Å².